The third-order valence-corrected chi connectivity index (χ3v) is 4.94. The molecule has 0 unspecified atom stereocenters. The maximum absolute atomic E-state index is 12.1. The Labute approximate surface area is 181 Å². The number of nitrogens with zero attached hydrogens (tertiary/aromatic N) is 5. The summed E-state index contributed by atoms with van der Waals surface area (Å²) in [5, 5.41) is 9.57. The van der Waals surface area contributed by atoms with Crippen molar-refractivity contribution in [2.75, 3.05) is 37.3 Å². The van der Waals surface area contributed by atoms with E-state index in [0.29, 0.717) is 43.6 Å². The fraction of sp³-hybridized carbons (Fsp3) is 0.318. The molecule has 1 amide bonds. The number of rotatable bonds is 0. The molecule has 0 fully saturated rings. The number of nitrogens with one attached hydrogen (secondary N) is 3. The topological polar surface area (TPSA) is 108 Å². The second-order valence-electron chi connectivity index (χ2n) is 7.48. The van der Waals surface area contributed by atoms with Crippen LogP contribution in [0.3, 0.4) is 0 Å². The number of aromatic nitrogens is 4. The standard InChI is InChI=1S/C22H26N8O/c1-30-12-8-19(31)23-10-4-11-25-20-18(7-3-9-24-20)21-26-15-27-22(29-21)28-17-6-2-5-16(13-17)14-30/h2-3,5-7,9,13,15H,4,8,10-12,14H2,1H3,(H,23,31)(H,24,25)(H,26,27,28,29). The number of carbonyl (C=O) groups is 1. The highest BCUT2D eigenvalue weighted by molar-refractivity contribution is 5.76. The van der Waals surface area contributed by atoms with E-state index in [0.717, 1.165) is 29.8 Å². The first-order valence-electron chi connectivity index (χ1n) is 10.4. The average molecular weight is 419 g/mol. The van der Waals surface area contributed by atoms with Gasteiger partial charge in [0.25, 0.3) is 0 Å². The highest BCUT2D eigenvalue weighted by atomic mass is 16.1. The van der Waals surface area contributed by atoms with E-state index in [9.17, 15) is 4.79 Å². The van der Waals surface area contributed by atoms with E-state index >= 15 is 0 Å². The molecule has 1 aliphatic rings. The summed E-state index contributed by atoms with van der Waals surface area (Å²) in [6, 6.07) is 11.9. The van der Waals surface area contributed by atoms with Gasteiger partial charge >= 0.3 is 0 Å². The molecule has 0 radical (unpaired) electrons. The van der Waals surface area contributed by atoms with E-state index < -0.39 is 0 Å². The summed E-state index contributed by atoms with van der Waals surface area (Å²) >= 11 is 0. The number of anilines is 3. The molecule has 0 atom stereocenters. The Morgan fingerprint density at radius 3 is 2.87 bits per heavy atom. The molecule has 9 heteroatoms. The van der Waals surface area contributed by atoms with E-state index in [4.69, 9.17) is 0 Å². The lowest BCUT2D eigenvalue weighted by atomic mass is 10.2. The Morgan fingerprint density at radius 2 is 1.94 bits per heavy atom. The van der Waals surface area contributed by atoms with Gasteiger partial charge in [0.2, 0.25) is 11.9 Å². The molecule has 31 heavy (non-hydrogen) atoms. The summed E-state index contributed by atoms with van der Waals surface area (Å²) in [6.07, 6.45) is 4.48. The largest absolute Gasteiger partial charge is 0.369 e. The third kappa shape index (κ3) is 5.73. The summed E-state index contributed by atoms with van der Waals surface area (Å²) in [6.45, 7) is 2.72. The maximum Gasteiger partial charge on any atom is 0.230 e. The number of carbonyl (C=O) groups excluding carboxylic acids is 1. The smallest absolute Gasteiger partial charge is 0.230 e. The predicted octanol–water partition coefficient (Wildman–Crippen LogP) is 2.43. The van der Waals surface area contributed by atoms with Crippen molar-refractivity contribution in [2.24, 2.45) is 0 Å². The Hall–Kier alpha value is -3.59. The van der Waals surface area contributed by atoms with Gasteiger partial charge in [-0.25, -0.2) is 15.0 Å². The normalized spacial score (nSPS) is 15.8. The molecule has 0 aliphatic carbocycles. The van der Waals surface area contributed by atoms with E-state index in [-0.39, 0.29) is 5.91 Å². The minimum atomic E-state index is 0.0641. The van der Waals surface area contributed by atoms with Crippen molar-refractivity contribution in [3.8, 4) is 11.4 Å². The zero-order chi connectivity index (χ0) is 21.5. The number of hydrogen-bond acceptors (Lipinski definition) is 8. The molecule has 0 spiro atoms. The first kappa shape index (κ1) is 20.7. The van der Waals surface area contributed by atoms with Crippen LogP contribution in [-0.4, -0.2) is 57.4 Å². The zero-order valence-electron chi connectivity index (χ0n) is 17.5. The van der Waals surface area contributed by atoms with Crippen molar-refractivity contribution >= 4 is 23.4 Å². The van der Waals surface area contributed by atoms with E-state index in [2.05, 4.69) is 52.9 Å². The number of pyridine rings is 1. The second-order valence-corrected chi connectivity index (χ2v) is 7.48. The van der Waals surface area contributed by atoms with Gasteiger partial charge < -0.3 is 20.9 Å². The molecule has 4 bridgehead atoms. The summed E-state index contributed by atoms with van der Waals surface area (Å²) in [7, 11) is 2.02. The molecule has 2 aromatic heterocycles. The molecule has 160 valence electrons. The van der Waals surface area contributed by atoms with E-state index in [1.165, 1.54) is 6.33 Å². The second kappa shape index (κ2) is 9.94. The predicted molar refractivity (Wildman–Crippen MR) is 120 cm³/mol. The van der Waals surface area contributed by atoms with Gasteiger partial charge in [0, 0.05) is 44.5 Å². The molecule has 9 nitrogen and oxygen atoms in total. The molecule has 3 N–H and O–H groups in total. The fourth-order valence-corrected chi connectivity index (χ4v) is 3.38. The lowest BCUT2D eigenvalue weighted by molar-refractivity contribution is -0.121. The Morgan fingerprint density at radius 1 is 1.03 bits per heavy atom. The molecule has 4 rings (SSSR count). The molecule has 1 aromatic carbocycles. The van der Waals surface area contributed by atoms with Gasteiger partial charge in [-0.15, -0.1) is 0 Å². The summed E-state index contributed by atoms with van der Waals surface area (Å²) in [4.78, 5) is 31.9. The highest BCUT2D eigenvalue weighted by Crippen LogP contribution is 2.24. The van der Waals surface area contributed by atoms with Gasteiger partial charge in [-0.3, -0.25) is 4.79 Å². The first-order chi connectivity index (χ1) is 15.2. The molecule has 3 heterocycles. The average Bonchev–Trinajstić information content (AvgIpc) is 2.78. The monoisotopic (exact) mass is 418 g/mol. The van der Waals surface area contributed by atoms with Gasteiger partial charge in [-0.2, -0.15) is 4.98 Å². The highest BCUT2D eigenvalue weighted by Gasteiger charge is 2.11. The van der Waals surface area contributed by atoms with E-state index in [1.807, 2.05) is 31.3 Å². The van der Waals surface area contributed by atoms with Crippen molar-refractivity contribution in [3.05, 3.63) is 54.5 Å². The number of amides is 1. The van der Waals surface area contributed by atoms with Crippen molar-refractivity contribution < 1.29 is 4.79 Å². The van der Waals surface area contributed by atoms with Crippen LogP contribution in [0.2, 0.25) is 0 Å². The van der Waals surface area contributed by atoms with Gasteiger partial charge in [0.15, 0.2) is 5.82 Å². The lowest BCUT2D eigenvalue weighted by Crippen LogP contribution is -2.30. The Bertz CT molecular complexity index is 1040. The molecule has 0 saturated heterocycles. The van der Waals surface area contributed by atoms with Crippen LogP contribution in [0.1, 0.15) is 18.4 Å². The number of hydrogen-bond donors (Lipinski definition) is 3. The van der Waals surface area contributed by atoms with Gasteiger partial charge in [-0.05, 0) is 43.3 Å². The minimum absolute atomic E-state index is 0.0641. The SMILES string of the molecule is CN1CCC(=O)NCCCNc2ncccc2-c2ncnc(n2)Nc2cccc(c2)C1. The number of benzene rings is 1. The van der Waals surface area contributed by atoms with Crippen molar-refractivity contribution in [3.63, 3.8) is 0 Å². The van der Waals surface area contributed by atoms with E-state index in [1.54, 1.807) is 6.20 Å². The van der Waals surface area contributed by atoms with Crippen LogP contribution in [0.5, 0.6) is 0 Å². The fourth-order valence-electron chi connectivity index (χ4n) is 3.38. The Kier molecular flexibility index (Phi) is 6.63. The summed E-state index contributed by atoms with van der Waals surface area (Å²) in [5.74, 6) is 1.77. The van der Waals surface area contributed by atoms with Gasteiger partial charge in [-0.1, -0.05) is 12.1 Å². The van der Waals surface area contributed by atoms with Crippen LogP contribution in [0.25, 0.3) is 11.4 Å². The third-order valence-electron chi connectivity index (χ3n) is 4.94. The van der Waals surface area contributed by atoms with Crippen LogP contribution in [-0.2, 0) is 11.3 Å². The molecular weight excluding hydrogens is 392 g/mol. The molecule has 3 aromatic rings. The molecule has 0 saturated carbocycles. The van der Waals surface area contributed by atoms with Crippen LogP contribution >= 0.6 is 0 Å². The number of fused-ring (bicyclic) bond motifs is 6. The molecule has 1 aliphatic heterocycles. The van der Waals surface area contributed by atoms with Crippen molar-refractivity contribution in [2.45, 2.75) is 19.4 Å². The van der Waals surface area contributed by atoms with Crippen LogP contribution < -0.4 is 16.0 Å². The maximum atomic E-state index is 12.1. The van der Waals surface area contributed by atoms with Crippen LogP contribution in [0.4, 0.5) is 17.5 Å². The van der Waals surface area contributed by atoms with Crippen LogP contribution in [0.15, 0.2) is 48.9 Å². The van der Waals surface area contributed by atoms with Crippen molar-refractivity contribution in [1.29, 1.82) is 0 Å². The van der Waals surface area contributed by atoms with Crippen LogP contribution in [0, 0.1) is 0 Å². The lowest BCUT2D eigenvalue weighted by Gasteiger charge is -2.17. The van der Waals surface area contributed by atoms with Gasteiger partial charge in [0.1, 0.15) is 12.1 Å². The zero-order valence-corrected chi connectivity index (χ0v) is 17.5. The summed E-state index contributed by atoms with van der Waals surface area (Å²) in [5.41, 5.74) is 2.83. The quantitative estimate of drug-likeness (QED) is 0.511. The van der Waals surface area contributed by atoms with Crippen molar-refractivity contribution in [1.82, 2.24) is 30.2 Å². The Balaban J connectivity index is 1.63. The van der Waals surface area contributed by atoms with Gasteiger partial charge in [0.05, 0.1) is 5.56 Å². The first-order valence-corrected chi connectivity index (χ1v) is 10.4. The summed E-state index contributed by atoms with van der Waals surface area (Å²) < 4.78 is 0. The molecular formula is C22H26N8O. The minimum Gasteiger partial charge on any atom is -0.369 e.